The average molecular weight is 526 g/mol. The highest BCUT2D eigenvalue weighted by Gasteiger charge is 2.63. The molecule has 210 valence electrons. The second kappa shape index (κ2) is 9.99. The molecular weight excluding hydrogens is 478 g/mol. The van der Waals surface area contributed by atoms with Gasteiger partial charge in [0.2, 0.25) is 12.7 Å². The maximum atomic E-state index is 12.7. The number of aliphatic hydroxyl groups excluding tert-OH is 2. The van der Waals surface area contributed by atoms with Gasteiger partial charge in [0, 0.05) is 13.0 Å². The molecule has 1 aromatic rings. The van der Waals surface area contributed by atoms with Gasteiger partial charge in [-0.1, -0.05) is 26.8 Å². The summed E-state index contributed by atoms with van der Waals surface area (Å²) in [6, 6.07) is 5.80. The molecule has 6 rings (SSSR count). The van der Waals surface area contributed by atoms with E-state index in [9.17, 15) is 15.0 Å². The average Bonchev–Trinajstić information content (AvgIpc) is 3.52. The van der Waals surface area contributed by atoms with E-state index in [0.717, 1.165) is 49.2 Å². The van der Waals surface area contributed by atoms with Crippen LogP contribution in [0.4, 0.5) is 0 Å². The number of hydrogen-bond donors (Lipinski definition) is 3. The van der Waals surface area contributed by atoms with Gasteiger partial charge in [0.1, 0.15) is 0 Å². The van der Waals surface area contributed by atoms with Crippen molar-refractivity contribution in [3.8, 4) is 11.5 Å². The van der Waals surface area contributed by atoms with Crippen LogP contribution in [0.3, 0.4) is 0 Å². The first-order valence-corrected chi connectivity index (χ1v) is 15.2. The van der Waals surface area contributed by atoms with E-state index in [1.165, 1.54) is 25.7 Å². The Labute approximate surface area is 227 Å². The zero-order valence-electron chi connectivity index (χ0n) is 23.5. The lowest BCUT2D eigenvalue weighted by molar-refractivity contribution is -0.174. The van der Waals surface area contributed by atoms with Gasteiger partial charge >= 0.3 is 0 Å². The van der Waals surface area contributed by atoms with Gasteiger partial charge in [-0.3, -0.25) is 4.79 Å². The summed E-state index contributed by atoms with van der Waals surface area (Å²) < 4.78 is 10.8. The Balaban J connectivity index is 1.06. The predicted molar refractivity (Wildman–Crippen MR) is 145 cm³/mol. The van der Waals surface area contributed by atoms with E-state index < -0.39 is 0 Å². The van der Waals surface area contributed by atoms with Crippen LogP contribution in [0.15, 0.2) is 18.2 Å². The third-order valence-corrected chi connectivity index (χ3v) is 12.3. The highest BCUT2D eigenvalue weighted by molar-refractivity contribution is 5.75. The molecule has 0 bridgehead atoms. The number of hydrogen-bond acceptors (Lipinski definition) is 5. The Bertz CT molecular complexity index is 1040. The molecule has 0 radical (unpaired) electrons. The number of rotatable bonds is 6. The Morgan fingerprint density at radius 1 is 1.05 bits per heavy atom. The minimum atomic E-state index is -0.272. The zero-order chi connectivity index (χ0) is 26.7. The summed E-state index contributed by atoms with van der Waals surface area (Å²) in [5.74, 6) is 4.92. The molecule has 10 atom stereocenters. The standard InChI is InChI=1S/C32H47NO5/c1-19(4-11-30(36)33-17-20-5-10-27-28(14-20)38-18-37-27)24-8-9-25-23-7-6-21-15-22(34)12-13-31(21,2)26(23)16-29(35)32(24,25)3/h5,10,14,19,21-26,29,34-35H,4,6-9,11-13,15-18H2,1-3H3,(H,33,36)/t19-,21-,22-,23+,24-,25+,26+,29+,31+,32-/m1/s1. The number of nitrogens with one attached hydrogen (secondary N) is 1. The highest BCUT2D eigenvalue weighted by Crippen LogP contribution is 2.68. The van der Waals surface area contributed by atoms with Crippen molar-refractivity contribution in [2.24, 2.45) is 46.3 Å². The lowest BCUT2D eigenvalue weighted by Gasteiger charge is -2.62. The van der Waals surface area contributed by atoms with Gasteiger partial charge in [-0.15, -0.1) is 0 Å². The number of benzene rings is 1. The fraction of sp³-hybridized carbons (Fsp3) is 0.781. The van der Waals surface area contributed by atoms with Crippen LogP contribution in [0.2, 0.25) is 0 Å². The number of aliphatic hydroxyl groups is 2. The van der Waals surface area contributed by atoms with E-state index in [2.05, 4.69) is 26.1 Å². The van der Waals surface area contributed by atoms with E-state index in [0.29, 0.717) is 48.5 Å². The number of carbonyl (C=O) groups excluding carboxylic acids is 1. The van der Waals surface area contributed by atoms with Crippen LogP contribution in [0.25, 0.3) is 0 Å². The van der Waals surface area contributed by atoms with Crippen LogP contribution in [-0.2, 0) is 11.3 Å². The van der Waals surface area contributed by atoms with E-state index in [4.69, 9.17) is 9.47 Å². The lowest BCUT2D eigenvalue weighted by Crippen LogP contribution is -2.58. The smallest absolute Gasteiger partial charge is 0.231 e. The molecule has 6 nitrogen and oxygen atoms in total. The normalized spacial score (nSPS) is 42.1. The largest absolute Gasteiger partial charge is 0.454 e. The van der Waals surface area contributed by atoms with Crippen molar-refractivity contribution in [3.05, 3.63) is 23.8 Å². The topological polar surface area (TPSA) is 88.0 Å². The number of carbonyl (C=O) groups is 1. The molecule has 4 fully saturated rings. The van der Waals surface area contributed by atoms with E-state index >= 15 is 0 Å². The second-order valence-corrected chi connectivity index (χ2v) is 13.9. The van der Waals surface area contributed by atoms with Crippen molar-refractivity contribution in [2.45, 2.75) is 104 Å². The van der Waals surface area contributed by atoms with Crippen LogP contribution in [0.1, 0.15) is 90.5 Å². The maximum Gasteiger partial charge on any atom is 0.231 e. The minimum Gasteiger partial charge on any atom is -0.454 e. The molecule has 0 unspecified atom stereocenters. The molecule has 5 aliphatic rings. The summed E-state index contributed by atoms with van der Waals surface area (Å²) in [6.45, 7) is 7.91. The molecule has 0 spiro atoms. The molecule has 1 aromatic carbocycles. The Hall–Kier alpha value is -1.79. The summed E-state index contributed by atoms with van der Waals surface area (Å²) in [5, 5.41) is 25.2. The monoisotopic (exact) mass is 525 g/mol. The van der Waals surface area contributed by atoms with Crippen LogP contribution in [-0.4, -0.2) is 35.1 Å². The Morgan fingerprint density at radius 2 is 1.87 bits per heavy atom. The Kier molecular flexibility index (Phi) is 6.95. The molecule has 0 saturated heterocycles. The molecule has 4 saturated carbocycles. The number of amides is 1. The molecule has 0 aromatic heterocycles. The highest BCUT2D eigenvalue weighted by atomic mass is 16.7. The van der Waals surface area contributed by atoms with Gasteiger partial charge in [0.25, 0.3) is 0 Å². The van der Waals surface area contributed by atoms with Crippen molar-refractivity contribution >= 4 is 5.91 Å². The summed E-state index contributed by atoms with van der Waals surface area (Å²) >= 11 is 0. The first kappa shape index (κ1) is 26.4. The fourth-order valence-electron chi connectivity index (χ4n) is 10.1. The molecule has 6 heteroatoms. The van der Waals surface area contributed by atoms with Crippen LogP contribution >= 0.6 is 0 Å². The zero-order valence-corrected chi connectivity index (χ0v) is 23.5. The molecule has 3 N–H and O–H groups in total. The van der Waals surface area contributed by atoms with Gasteiger partial charge < -0.3 is 25.0 Å². The van der Waals surface area contributed by atoms with Crippen molar-refractivity contribution < 1.29 is 24.5 Å². The molecule has 1 amide bonds. The van der Waals surface area contributed by atoms with Crippen LogP contribution in [0, 0.1) is 46.3 Å². The minimum absolute atomic E-state index is 0.0546. The first-order valence-electron chi connectivity index (χ1n) is 15.2. The third-order valence-electron chi connectivity index (χ3n) is 12.3. The van der Waals surface area contributed by atoms with E-state index in [1.807, 2.05) is 18.2 Å². The van der Waals surface area contributed by atoms with Gasteiger partial charge in [-0.2, -0.15) is 0 Å². The van der Waals surface area contributed by atoms with Gasteiger partial charge in [-0.05, 0) is 122 Å². The van der Waals surface area contributed by atoms with Crippen molar-refractivity contribution in [1.82, 2.24) is 5.32 Å². The lowest BCUT2D eigenvalue weighted by atomic mass is 9.43. The fourth-order valence-corrected chi connectivity index (χ4v) is 10.1. The van der Waals surface area contributed by atoms with E-state index in [1.54, 1.807) is 0 Å². The number of ether oxygens (including phenoxy) is 2. The number of fused-ring (bicyclic) bond motifs is 6. The molecule has 1 aliphatic heterocycles. The Morgan fingerprint density at radius 3 is 2.71 bits per heavy atom. The van der Waals surface area contributed by atoms with Gasteiger partial charge in [-0.25, -0.2) is 0 Å². The van der Waals surface area contributed by atoms with Crippen molar-refractivity contribution in [1.29, 1.82) is 0 Å². The molecule has 4 aliphatic carbocycles. The van der Waals surface area contributed by atoms with Crippen LogP contribution < -0.4 is 14.8 Å². The van der Waals surface area contributed by atoms with Crippen molar-refractivity contribution in [3.63, 3.8) is 0 Å². The quantitative estimate of drug-likeness (QED) is 0.460. The summed E-state index contributed by atoms with van der Waals surface area (Å²) in [4.78, 5) is 12.7. The van der Waals surface area contributed by atoms with Gasteiger partial charge in [0.15, 0.2) is 11.5 Å². The first-order chi connectivity index (χ1) is 18.2. The summed E-state index contributed by atoms with van der Waals surface area (Å²) in [6.07, 6.45) is 9.75. The summed E-state index contributed by atoms with van der Waals surface area (Å²) in [7, 11) is 0. The van der Waals surface area contributed by atoms with E-state index in [-0.39, 0.29) is 35.7 Å². The van der Waals surface area contributed by atoms with Crippen LogP contribution in [0.5, 0.6) is 11.5 Å². The van der Waals surface area contributed by atoms with Crippen molar-refractivity contribution in [2.75, 3.05) is 6.79 Å². The molecule has 1 heterocycles. The predicted octanol–water partition coefficient (Wildman–Crippen LogP) is 5.44. The van der Waals surface area contributed by atoms with Gasteiger partial charge in [0.05, 0.1) is 12.2 Å². The summed E-state index contributed by atoms with van der Waals surface area (Å²) in [5.41, 5.74) is 1.23. The third kappa shape index (κ3) is 4.34. The second-order valence-electron chi connectivity index (χ2n) is 13.9. The maximum absolute atomic E-state index is 12.7. The molecular formula is C32H47NO5. The molecule has 38 heavy (non-hydrogen) atoms. The SMILES string of the molecule is C[C@H](CCC(=O)NCc1ccc2c(c1)OCO2)[C@H]1CC[C@H]2[C@@H]3CC[C@@H]4C[C@H](O)CC[C@]4(C)[C@H]3C[C@H](O)[C@]12C.